The lowest BCUT2D eigenvalue weighted by Gasteiger charge is -2.32. The maximum atomic E-state index is 13.8. The number of anilines is 2. The molecule has 1 amide bonds. The van der Waals surface area contributed by atoms with E-state index in [2.05, 4.69) is 4.98 Å². The van der Waals surface area contributed by atoms with Gasteiger partial charge in [0.15, 0.2) is 0 Å². The number of halogens is 1. The quantitative estimate of drug-likeness (QED) is 0.607. The van der Waals surface area contributed by atoms with Crippen LogP contribution in [0.2, 0.25) is 0 Å². The van der Waals surface area contributed by atoms with Crippen molar-refractivity contribution in [3.8, 4) is 11.3 Å². The highest BCUT2D eigenvalue weighted by atomic mass is 19.1. The Hall–Kier alpha value is -3.35. The van der Waals surface area contributed by atoms with Crippen LogP contribution in [-0.4, -0.2) is 45.9 Å². The molecule has 1 unspecified atom stereocenters. The SMILES string of the molecule is CCC(=O)N1CCCC(c2nc(-c3cccnc3)cc(N(C)c3cccc(F)c3)n2)C1. The van der Waals surface area contributed by atoms with Crippen LogP contribution in [0, 0.1) is 5.82 Å². The van der Waals surface area contributed by atoms with Crippen molar-refractivity contribution in [3.05, 3.63) is 66.5 Å². The van der Waals surface area contributed by atoms with Crippen LogP contribution in [0.5, 0.6) is 0 Å². The zero-order chi connectivity index (χ0) is 21.8. The Morgan fingerprint density at radius 1 is 1.23 bits per heavy atom. The van der Waals surface area contributed by atoms with Gasteiger partial charge in [-0.25, -0.2) is 14.4 Å². The van der Waals surface area contributed by atoms with Gasteiger partial charge in [0.2, 0.25) is 5.91 Å². The van der Waals surface area contributed by atoms with Crippen LogP contribution >= 0.6 is 0 Å². The second kappa shape index (κ2) is 9.20. The van der Waals surface area contributed by atoms with E-state index in [-0.39, 0.29) is 17.6 Å². The Morgan fingerprint density at radius 2 is 2.10 bits per heavy atom. The second-order valence-electron chi connectivity index (χ2n) is 7.78. The Balaban J connectivity index is 1.74. The predicted octanol–water partition coefficient (Wildman–Crippen LogP) is 4.56. The number of hydrogen-bond acceptors (Lipinski definition) is 5. The number of likely N-dealkylation sites (tertiary alicyclic amines) is 1. The lowest BCUT2D eigenvalue weighted by atomic mass is 9.96. The fourth-order valence-electron chi connectivity index (χ4n) is 3.92. The Labute approximate surface area is 181 Å². The van der Waals surface area contributed by atoms with Gasteiger partial charge in [0, 0.05) is 62.2 Å². The minimum atomic E-state index is -0.299. The zero-order valence-electron chi connectivity index (χ0n) is 17.8. The van der Waals surface area contributed by atoms with Crippen LogP contribution in [0.15, 0.2) is 54.9 Å². The van der Waals surface area contributed by atoms with Crippen LogP contribution < -0.4 is 4.90 Å². The van der Waals surface area contributed by atoms with Crippen molar-refractivity contribution in [2.75, 3.05) is 25.0 Å². The highest BCUT2D eigenvalue weighted by Gasteiger charge is 2.27. The van der Waals surface area contributed by atoms with Gasteiger partial charge in [-0.05, 0) is 43.2 Å². The Bertz CT molecular complexity index is 1060. The molecular weight excluding hydrogens is 393 g/mol. The molecule has 1 fully saturated rings. The van der Waals surface area contributed by atoms with Gasteiger partial charge in [0.1, 0.15) is 17.5 Å². The number of aromatic nitrogens is 3. The molecule has 4 rings (SSSR count). The molecule has 3 aromatic rings. The third-order valence-corrected chi connectivity index (χ3v) is 5.67. The summed E-state index contributed by atoms with van der Waals surface area (Å²) in [7, 11) is 1.86. The first kappa shape index (κ1) is 20.9. The molecule has 1 aliphatic heterocycles. The van der Waals surface area contributed by atoms with E-state index in [4.69, 9.17) is 9.97 Å². The maximum Gasteiger partial charge on any atom is 0.222 e. The highest BCUT2D eigenvalue weighted by Crippen LogP contribution is 2.31. The van der Waals surface area contributed by atoms with Crippen LogP contribution in [-0.2, 0) is 4.79 Å². The number of hydrogen-bond donors (Lipinski definition) is 0. The number of carbonyl (C=O) groups is 1. The van der Waals surface area contributed by atoms with E-state index in [0.717, 1.165) is 30.6 Å². The molecule has 0 radical (unpaired) electrons. The number of piperidine rings is 1. The minimum Gasteiger partial charge on any atom is -0.342 e. The Kier molecular flexibility index (Phi) is 6.21. The molecule has 0 bridgehead atoms. The summed E-state index contributed by atoms with van der Waals surface area (Å²) in [5.41, 5.74) is 2.35. The van der Waals surface area contributed by atoms with Crippen molar-refractivity contribution >= 4 is 17.4 Å². The summed E-state index contributed by atoms with van der Waals surface area (Å²) in [4.78, 5) is 29.9. The van der Waals surface area contributed by atoms with Crippen molar-refractivity contribution in [3.63, 3.8) is 0 Å². The smallest absolute Gasteiger partial charge is 0.222 e. The molecule has 1 aliphatic rings. The highest BCUT2D eigenvalue weighted by molar-refractivity contribution is 5.76. The topological polar surface area (TPSA) is 62.2 Å². The maximum absolute atomic E-state index is 13.8. The summed E-state index contributed by atoms with van der Waals surface area (Å²) < 4.78 is 13.8. The van der Waals surface area contributed by atoms with Crippen molar-refractivity contribution in [2.45, 2.75) is 32.1 Å². The lowest BCUT2D eigenvalue weighted by Crippen LogP contribution is -2.39. The van der Waals surface area contributed by atoms with E-state index >= 15 is 0 Å². The van der Waals surface area contributed by atoms with Crippen molar-refractivity contribution < 1.29 is 9.18 Å². The first-order valence-corrected chi connectivity index (χ1v) is 10.6. The molecule has 6 nitrogen and oxygen atoms in total. The summed E-state index contributed by atoms with van der Waals surface area (Å²) in [6.07, 6.45) is 5.84. The molecule has 1 saturated heterocycles. The van der Waals surface area contributed by atoms with Gasteiger partial charge < -0.3 is 9.80 Å². The van der Waals surface area contributed by atoms with Crippen LogP contribution in [0.1, 0.15) is 37.9 Å². The largest absolute Gasteiger partial charge is 0.342 e. The number of carbonyl (C=O) groups excluding carboxylic acids is 1. The van der Waals surface area contributed by atoms with E-state index in [1.807, 2.05) is 48.0 Å². The van der Waals surface area contributed by atoms with Gasteiger partial charge in [-0.1, -0.05) is 13.0 Å². The van der Waals surface area contributed by atoms with Gasteiger partial charge >= 0.3 is 0 Å². The lowest BCUT2D eigenvalue weighted by molar-refractivity contribution is -0.132. The van der Waals surface area contributed by atoms with E-state index in [1.165, 1.54) is 12.1 Å². The molecule has 3 heterocycles. The number of pyridine rings is 1. The molecule has 1 aromatic carbocycles. The normalized spacial score (nSPS) is 16.2. The third kappa shape index (κ3) is 4.71. The summed E-state index contributed by atoms with van der Waals surface area (Å²) in [5, 5.41) is 0. The van der Waals surface area contributed by atoms with Crippen molar-refractivity contribution in [2.24, 2.45) is 0 Å². The fourth-order valence-corrected chi connectivity index (χ4v) is 3.92. The molecule has 0 N–H and O–H groups in total. The van der Waals surface area contributed by atoms with E-state index in [1.54, 1.807) is 18.5 Å². The molecule has 1 atom stereocenters. The number of benzene rings is 1. The van der Waals surface area contributed by atoms with E-state index < -0.39 is 0 Å². The average Bonchev–Trinajstić information content (AvgIpc) is 2.83. The first-order chi connectivity index (χ1) is 15.0. The minimum absolute atomic E-state index is 0.0560. The molecular formula is C24H26FN5O. The molecule has 0 spiro atoms. The van der Waals surface area contributed by atoms with Gasteiger partial charge in [-0.15, -0.1) is 0 Å². The van der Waals surface area contributed by atoms with Gasteiger partial charge in [0.05, 0.1) is 5.69 Å². The zero-order valence-corrected chi connectivity index (χ0v) is 17.8. The Morgan fingerprint density at radius 3 is 2.84 bits per heavy atom. The second-order valence-corrected chi connectivity index (χ2v) is 7.78. The molecule has 31 heavy (non-hydrogen) atoms. The molecule has 0 saturated carbocycles. The van der Waals surface area contributed by atoms with Gasteiger partial charge in [-0.2, -0.15) is 0 Å². The number of nitrogens with zero attached hydrogens (tertiary/aromatic N) is 5. The van der Waals surface area contributed by atoms with E-state index in [9.17, 15) is 9.18 Å². The molecule has 0 aliphatic carbocycles. The number of rotatable bonds is 5. The molecule has 160 valence electrons. The summed E-state index contributed by atoms with van der Waals surface area (Å²) in [6, 6.07) is 12.1. The van der Waals surface area contributed by atoms with Crippen LogP contribution in [0.25, 0.3) is 11.3 Å². The summed E-state index contributed by atoms with van der Waals surface area (Å²) >= 11 is 0. The molecule has 2 aromatic heterocycles. The number of amides is 1. The summed E-state index contributed by atoms with van der Waals surface area (Å²) in [5.74, 6) is 1.29. The predicted molar refractivity (Wildman–Crippen MR) is 119 cm³/mol. The average molecular weight is 420 g/mol. The van der Waals surface area contributed by atoms with Crippen LogP contribution in [0.4, 0.5) is 15.9 Å². The molecule has 7 heteroatoms. The first-order valence-electron chi connectivity index (χ1n) is 10.6. The van der Waals surface area contributed by atoms with Crippen LogP contribution in [0.3, 0.4) is 0 Å². The third-order valence-electron chi connectivity index (χ3n) is 5.67. The summed E-state index contributed by atoms with van der Waals surface area (Å²) in [6.45, 7) is 3.28. The fraction of sp³-hybridized carbons (Fsp3) is 0.333. The van der Waals surface area contributed by atoms with Crippen molar-refractivity contribution in [1.82, 2.24) is 19.9 Å². The van der Waals surface area contributed by atoms with Gasteiger partial charge in [-0.3, -0.25) is 9.78 Å². The van der Waals surface area contributed by atoms with E-state index in [0.29, 0.717) is 30.3 Å². The standard InChI is InChI=1S/C24H26FN5O/c1-3-23(31)30-12-6-8-18(16-30)24-27-21(17-7-5-11-26-15-17)14-22(28-24)29(2)20-10-4-9-19(25)13-20/h4-5,7,9-11,13-15,18H,3,6,8,12,16H2,1-2H3. The van der Waals surface area contributed by atoms with Crippen molar-refractivity contribution in [1.29, 1.82) is 0 Å². The van der Waals surface area contributed by atoms with Gasteiger partial charge in [0.25, 0.3) is 0 Å². The monoisotopic (exact) mass is 419 g/mol.